The molecule has 2 rings (SSSR count). The molecule has 0 spiro atoms. The number of hydrogen-bond acceptors (Lipinski definition) is 4. The number of alkyl halides is 3. The predicted octanol–water partition coefficient (Wildman–Crippen LogP) is 3.45. The Bertz CT molecular complexity index is 484. The quantitative estimate of drug-likeness (QED) is 0.796. The monoisotopic (exact) mass is 323 g/mol. The molecule has 1 unspecified atom stereocenters. The highest BCUT2D eigenvalue weighted by atomic mass is 35.5. The van der Waals surface area contributed by atoms with Gasteiger partial charge in [0.2, 0.25) is 0 Å². The van der Waals surface area contributed by atoms with Crippen LogP contribution in [0.1, 0.15) is 25.6 Å². The third-order valence-electron chi connectivity index (χ3n) is 3.37. The van der Waals surface area contributed by atoms with Gasteiger partial charge in [-0.15, -0.1) is 0 Å². The van der Waals surface area contributed by atoms with Crippen LogP contribution in [0.15, 0.2) is 6.07 Å². The summed E-state index contributed by atoms with van der Waals surface area (Å²) in [5, 5.41) is 0.212. The maximum absolute atomic E-state index is 12.9. The van der Waals surface area contributed by atoms with Gasteiger partial charge in [-0.25, -0.2) is 9.97 Å². The molecule has 0 amide bonds. The van der Waals surface area contributed by atoms with Crippen LogP contribution in [0.2, 0.25) is 5.15 Å². The smallest absolute Gasteiger partial charge is 0.374 e. The molecular formula is C13H17ClF3N3O. The summed E-state index contributed by atoms with van der Waals surface area (Å²) >= 11 is 5.92. The lowest BCUT2D eigenvalue weighted by Gasteiger charge is -2.34. The van der Waals surface area contributed by atoms with Crippen molar-refractivity contribution in [1.82, 2.24) is 9.97 Å². The Kier molecular flexibility index (Phi) is 5.27. The fourth-order valence-corrected chi connectivity index (χ4v) is 2.52. The molecule has 0 N–H and O–H groups in total. The van der Waals surface area contributed by atoms with Gasteiger partial charge < -0.3 is 9.64 Å². The van der Waals surface area contributed by atoms with Crippen molar-refractivity contribution in [3.8, 4) is 0 Å². The van der Waals surface area contributed by atoms with Gasteiger partial charge >= 0.3 is 6.18 Å². The summed E-state index contributed by atoms with van der Waals surface area (Å²) in [5.41, 5.74) is 0. The summed E-state index contributed by atoms with van der Waals surface area (Å²) in [6.07, 6.45) is -3.54. The maximum atomic E-state index is 12.9. The third-order valence-corrected chi connectivity index (χ3v) is 3.56. The van der Waals surface area contributed by atoms with Crippen molar-refractivity contribution in [3.63, 3.8) is 0 Å². The summed E-state index contributed by atoms with van der Waals surface area (Å²) in [5.74, 6) is -0.512. The van der Waals surface area contributed by atoms with Crippen molar-refractivity contribution >= 4 is 17.4 Å². The minimum atomic E-state index is -4.18. The second-order valence-corrected chi connectivity index (χ2v) is 5.32. The Morgan fingerprint density at radius 1 is 1.43 bits per heavy atom. The highest BCUT2D eigenvalue weighted by Crippen LogP contribution is 2.34. The molecule has 8 heteroatoms. The molecule has 0 aromatic carbocycles. The Hall–Kier alpha value is -1.08. The largest absolute Gasteiger partial charge is 0.393 e. The number of anilines is 1. The fraction of sp³-hybridized carbons (Fsp3) is 0.692. The van der Waals surface area contributed by atoms with Crippen LogP contribution in [0.5, 0.6) is 0 Å². The van der Waals surface area contributed by atoms with Gasteiger partial charge in [0.1, 0.15) is 17.6 Å². The number of piperidine rings is 1. The number of halogens is 4. The van der Waals surface area contributed by atoms with E-state index in [4.69, 9.17) is 16.3 Å². The molecule has 1 aromatic heterocycles. The topological polar surface area (TPSA) is 38.2 Å². The van der Waals surface area contributed by atoms with Gasteiger partial charge in [0, 0.05) is 25.8 Å². The molecule has 0 aliphatic carbocycles. The first kappa shape index (κ1) is 16.3. The predicted molar refractivity (Wildman–Crippen MR) is 73.4 cm³/mol. The maximum Gasteiger partial charge on any atom is 0.393 e. The van der Waals surface area contributed by atoms with E-state index in [0.29, 0.717) is 31.2 Å². The van der Waals surface area contributed by atoms with Crippen molar-refractivity contribution in [2.45, 2.75) is 32.5 Å². The van der Waals surface area contributed by atoms with E-state index >= 15 is 0 Å². The summed E-state index contributed by atoms with van der Waals surface area (Å²) in [4.78, 5) is 9.88. The van der Waals surface area contributed by atoms with E-state index < -0.39 is 12.1 Å². The molecule has 1 aromatic rings. The molecular weight excluding hydrogens is 307 g/mol. The highest BCUT2D eigenvalue weighted by Gasteiger charge is 2.42. The van der Waals surface area contributed by atoms with Crippen molar-refractivity contribution in [2.75, 3.05) is 24.6 Å². The van der Waals surface area contributed by atoms with Crippen LogP contribution in [0.4, 0.5) is 19.0 Å². The van der Waals surface area contributed by atoms with Crippen LogP contribution < -0.4 is 4.90 Å². The van der Waals surface area contributed by atoms with E-state index in [1.54, 1.807) is 4.90 Å². The van der Waals surface area contributed by atoms with E-state index in [-0.39, 0.29) is 24.7 Å². The number of ether oxygens (including phenoxy) is 1. The van der Waals surface area contributed by atoms with E-state index in [1.165, 1.54) is 6.07 Å². The van der Waals surface area contributed by atoms with Gasteiger partial charge in [-0.3, -0.25) is 0 Å². The summed E-state index contributed by atoms with van der Waals surface area (Å²) in [6, 6.07) is 1.50. The first-order valence-electron chi connectivity index (χ1n) is 6.83. The second-order valence-electron chi connectivity index (χ2n) is 4.93. The number of aromatic nitrogens is 2. The van der Waals surface area contributed by atoms with Crippen LogP contribution in [0, 0.1) is 5.92 Å². The van der Waals surface area contributed by atoms with Gasteiger partial charge in [0.15, 0.2) is 5.82 Å². The van der Waals surface area contributed by atoms with Crippen LogP contribution in [0.25, 0.3) is 0 Å². The van der Waals surface area contributed by atoms with Gasteiger partial charge in [0.05, 0.1) is 5.92 Å². The van der Waals surface area contributed by atoms with Crippen molar-refractivity contribution in [2.24, 2.45) is 5.92 Å². The first-order valence-corrected chi connectivity index (χ1v) is 7.20. The Morgan fingerprint density at radius 2 is 2.19 bits per heavy atom. The van der Waals surface area contributed by atoms with Crippen molar-refractivity contribution in [1.29, 1.82) is 0 Å². The van der Waals surface area contributed by atoms with E-state index in [1.807, 2.05) is 6.92 Å². The second kappa shape index (κ2) is 6.79. The summed E-state index contributed by atoms with van der Waals surface area (Å²) in [7, 11) is 0. The van der Waals surface area contributed by atoms with Gasteiger partial charge in [-0.05, 0) is 19.8 Å². The van der Waals surface area contributed by atoms with Crippen LogP contribution in [0.3, 0.4) is 0 Å². The first-order chi connectivity index (χ1) is 9.90. The number of rotatable bonds is 4. The molecule has 1 saturated heterocycles. The summed E-state index contributed by atoms with van der Waals surface area (Å²) < 4.78 is 43.8. The Balaban J connectivity index is 2.15. The summed E-state index contributed by atoms with van der Waals surface area (Å²) in [6.45, 7) is 2.98. The molecule has 4 nitrogen and oxygen atoms in total. The van der Waals surface area contributed by atoms with Crippen molar-refractivity contribution in [3.05, 3.63) is 17.0 Å². The highest BCUT2D eigenvalue weighted by molar-refractivity contribution is 6.29. The minimum Gasteiger partial charge on any atom is -0.374 e. The normalized spacial score (nSPS) is 19.9. The average Bonchev–Trinajstić information content (AvgIpc) is 2.44. The SMILES string of the molecule is CCOCc1nc(Cl)cc(N2CCCC(C(F)(F)F)C2)n1. The molecule has 0 radical (unpaired) electrons. The molecule has 0 bridgehead atoms. The molecule has 1 fully saturated rings. The van der Waals surface area contributed by atoms with E-state index in [0.717, 1.165) is 0 Å². The van der Waals surface area contributed by atoms with E-state index in [9.17, 15) is 13.2 Å². The zero-order valence-electron chi connectivity index (χ0n) is 11.7. The minimum absolute atomic E-state index is 0.0923. The van der Waals surface area contributed by atoms with Crippen LogP contribution in [-0.4, -0.2) is 35.8 Å². The molecule has 118 valence electrons. The number of hydrogen-bond donors (Lipinski definition) is 0. The Labute approximate surface area is 126 Å². The Morgan fingerprint density at radius 3 is 2.86 bits per heavy atom. The molecule has 1 atom stereocenters. The third kappa shape index (κ3) is 4.44. The molecule has 1 aliphatic rings. The molecule has 0 saturated carbocycles. The molecule has 21 heavy (non-hydrogen) atoms. The zero-order valence-corrected chi connectivity index (χ0v) is 12.4. The molecule has 2 heterocycles. The van der Waals surface area contributed by atoms with Crippen molar-refractivity contribution < 1.29 is 17.9 Å². The van der Waals surface area contributed by atoms with Gasteiger partial charge in [0.25, 0.3) is 0 Å². The standard InChI is InChI=1S/C13H17ClF3N3O/c1-2-21-8-11-18-10(14)6-12(19-11)20-5-3-4-9(7-20)13(15,16)17/h6,9H,2-5,7-8H2,1H3. The van der Waals surface area contributed by atoms with Crippen LogP contribution >= 0.6 is 11.6 Å². The van der Waals surface area contributed by atoms with E-state index in [2.05, 4.69) is 9.97 Å². The average molecular weight is 324 g/mol. The lowest BCUT2D eigenvalue weighted by atomic mass is 9.97. The van der Waals surface area contributed by atoms with Gasteiger partial charge in [-0.1, -0.05) is 11.6 Å². The molecule has 1 aliphatic heterocycles. The lowest BCUT2D eigenvalue weighted by molar-refractivity contribution is -0.176. The lowest BCUT2D eigenvalue weighted by Crippen LogP contribution is -2.42. The fourth-order valence-electron chi connectivity index (χ4n) is 2.32. The van der Waals surface area contributed by atoms with Gasteiger partial charge in [-0.2, -0.15) is 13.2 Å². The van der Waals surface area contributed by atoms with Crippen LogP contribution in [-0.2, 0) is 11.3 Å². The number of nitrogens with zero attached hydrogens (tertiary/aromatic N) is 3. The zero-order chi connectivity index (χ0) is 15.5.